The van der Waals surface area contributed by atoms with Gasteiger partial charge in [-0.05, 0) is 13.8 Å². The molecule has 0 radical (unpaired) electrons. The van der Waals surface area contributed by atoms with E-state index < -0.39 is 83.4 Å². The molecule has 0 bridgehead atoms. The van der Waals surface area contributed by atoms with E-state index in [4.69, 9.17) is 0 Å². The number of carbonyl (C=O) groups is 1. The predicted molar refractivity (Wildman–Crippen MR) is 81.7 cm³/mol. The average Bonchev–Trinajstić information content (AvgIpc) is 2.76. The molecule has 43 heavy (non-hydrogen) atoms. The number of rotatable bonds is 12. The van der Waals surface area contributed by atoms with Gasteiger partial charge in [-0.3, -0.25) is 0 Å². The summed E-state index contributed by atoms with van der Waals surface area (Å²) in [7, 11) is 0. The van der Waals surface area contributed by atoms with Crippen molar-refractivity contribution in [1.29, 1.82) is 0 Å². The van der Waals surface area contributed by atoms with Crippen LogP contribution in [0.1, 0.15) is 13.8 Å². The summed E-state index contributed by atoms with van der Waals surface area (Å²) >= 11 is 0. The van der Waals surface area contributed by atoms with Crippen LogP contribution >= 0.6 is 0 Å². The van der Waals surface area contributed by atoms with E-state index >= 15 is 0 Å². The van der Waals surface area contributed by atoms with E-state index in [2.05, 4.69) is 4.74 Å². The Morgan fingerprint density at radius 2 is 0.558 bits per heavy atom. The minimum Gasteiger partial charge on any atom is -0.458 e. The second kappa shape index (κ2) is 10.1. The molecule has 0 N–H and O–H groups in total. The third kappa shape index (κ3) is 4.96. The van der Waals surface area contributed by atoms with Crippen LogP contribution in [0.2, 0.25) is 0 Å². The van der Waals surface area contributed by atoms with Crippen molar-refractivity contribution in [3.63, 3.8) is 0 Å². The Morgan fingerprint density at radius 1 is 0.372 bits per heavy atom. The van der Waals surface area contributed by atoms with Crippen molar-refractivity contribution in [1.82, 2.24) is 0 Å². The number of alkyl halides is 25. The highest BCUT2D eigenvalue weighted by molar-refractivity contribution is 5.79. The molecule has 0 aromatic carbocycles. The molecule has 0 unspecified atom stereocenters. The Balaban J connectivity index is 7.35. The molecule has 0 atom stereocenters. The topological polar surface area (TPSA) is 26.3 Å². The van der Waals surface area contributed by atoms with Crippen LogP contribution in [0.3, 0.4) is 0 Å². The Morgan fingerprint density at radius 3 is 0.744 bits per heavy atom. The number of esters is 1. The maximum atomic E-state index is 13.7. The Bertz CT molecular complexity index is 1030. The molecule has 0 aliphatic heterocycles. The van der Waals surface area contributed by atoms with Gasteiger partial charge < -0.3 is 4.74 Å². The molecule has 258 valence electrons. The SMILES string of the molecule is CC(C)OC(=O)C(F)(F)C(F)(F)C(F)(F)C(F)(F)C(F)(F)C(F)(F)C(F)(F)C(F)(F)C(F)(F)C(F)(F)C(F)(F)C(F)(F)F. The molecule has 0 spiro atoms. The van der Waals surface area contributed by atoms with Gasteiger partial charge in [0.2, 0.25) is 0 Å². The molecule has 0 aromatic heterocycles. The van der Waals surface area contributed by atoms with Crippen molar-refractivity contribution < 1.29 is 119 Å². The standard InChI is InChI=1S/C16H7F25O2/c1-3(2)43-4(42)5(17,18)6(19,20)7(21,22)8(23,24)9(25,26)10(27,28)11(29,30)12(31,32)13(33,34)14(35,36)15(37,38)16(39,40)41/h3H,1-2H3. The average molecular weight is 706 g/mol. The van der Waals surface area contributed by atoms with E-state index in [1.54, 1.807) is 0 Å². The first-order valence-corrected chi connectivity index (χ1v) is 9.52. The van der Waals surface area contributed by atoms with Crippen molar-refractivity contribution in [2.24, 2.45) is 0 Å². The zero-order valence-electron chi connectivity index (χ0n) is 19.3. The van der Waals surface area contributed by atoms with Crippen LogP contribution in [-0.4, -0.2) is 83.4 Å². The number of carbonyl (C=O) groups excluding carboxylic acids is 1. The Hall–Kier alpha value is -2.28. The number of ether oxygens (including phenoxy) is 1. The summed E-state index contributed by atoms with van der Waals surface area (Å²) in [6.07, 6.45) is -10.3. The molecule has 0 aromatic rings. The lowest BCUT2D eigenvalue weighted by Gasteiger charge is -2.45. The highest BCUT2D eigenvalue weighted by Gasteiger charge is 2.99. The fourth-order valence-corrected chi connectivity index (χ4v) is 2.37. The van der Waals surface area contributed by atoms with Gasteiger partial charge in [0.15, 0.2) is 0 Å². The van der Waals surface area contributed by atoms with Gasteiger partial charge in [-0.15, -0.1) is 0 Å². The largest absolute Gasteiger partial charge is 0.460 e. The van der Waals surface area contributed by atoms with E-state index in [0.29, 0.717) is 13.8 Å². The van der Waals surface area contributed by atoms with Gasteiger partial charge >= 0.3 is 77.3 Å². The number of halogens is 25. The molecular weight excluding hydrogens is 699 g/mol. The smallest absolute Gasteiger partial charge is 0.458 e. The molecular formula is C16H7F25O2. The van der Waals surface area contributed by atoms with E-state index in [-0.39, 0.29) is 0 Å². The van der Waals surface area contributed by atoms with E-state index in [9.17, 15) is 115 Å². The maximum Gasteiger partial charge on any atom is 0.460 e. The van der Waals surface area contributed by atoms with E-state index in [1.807, 2.05) is 0 Å². The first-order chi connectivity index (χ1) is 18.1. The van der Waals surface area contributed by atoms with Crippen LogP contribution in [0.25, 0.3) is 0 Å². The first-order valence-electron chi connectivity index (χ1n) is 9.52. The highest BCUT2D eigenvalue weighted by Crippen LogP contribution is 2.67. The third-order valence-corrected chi connectivity index (χ3v) is 4.90. The summed E-state index contributed by atoms with van der Waals surface area (Å²) in [5.74, 6) is -104. The monoisotopic (exact) mass is 706 g/mol. The molecule has 0 aliphatic carbocycles. The number of hydrogen-bond donors (Lipinski definition) is 0. The minimum absolute atomic E-state index is 0.430. The minimum atomic E-state index is -9.66. The fraction of sp³-hybridized carbons (Fsp3) is 0.938. The Labute approximate surface area is 218 Å². The zero-order chi connectivity index (χ0) is 35.9. The molecule has 27 heteroatoms. The lowest BCUT2D eigenvalue weighted by Crippen LogP contribution is -2.78. The normalized spacial score (nSPS) is 16.6. The van der Waals surface area contributed by atoms with Crippen molar-refractivity contribution in [2.45, 2.75) is 91.3 Å². The van der Waals surface area contributed by atoms with Gasteiger partial charge in [-0.25, -0.2) is 4.79 Å². The maximum absolute atomic E-state index is 13.7. The summed E-state index contributed by atoms with van der Waals surface area (Å²) in [4.78, 5) is 10.9. The van der Waals surface area contributed by atoms with Crippen molar-refractivity contribution in [3.8, 4) is 0 Å². The summed E-state index contributed by atoms with van der Waals surface area (Å²) in [5, 5.41) is 0. The third-order valence-electron chi connectivity index (χ3n) is 4.90. The number of hydrogen-bond acceptors (Lipinski definition) is 2. The van der Waals surface area contributed by atoms with Gasteiger partial charge in [0, 0.05) is 0 Å². The van der Waals surface area contributed by atoms with Gasteiger partial charge in [-0.1, -0.05) is 0 Å². The van der Waals surface area contributed by atoms with Crippen LogP contribution in [0.5, 0.6) is 0 Å². The van der Waals surface area contributed by atoms with Crippen molar-refractivity contribution in [3.05, 3.63) is 0 Å². The second-order valence-electron chi connectivity index (χ2n) is 8.27. The molecule has 0 aliphatic rings. The lowest BCUT2D eigenvalue weighted by atomic mass is 9.84. The van der Waals surface area contributed by atoms with E-state index in [1.165, 1.54) is 0 Å². The van der Waals surface area contributed by atoms with Crippen molar-refractivity contribution in [2.75, 3.05) is 0 Å². The van der Waals surface area contributed by atoms with Gasteiger partial charge in [0.05, 0.1) is 6.10 Å². The fourth-order valence-electron chi connectivity index (χ4n) is 2.37. The summed E-state index contributed by atoms with van der Waals surface area (Å²) < 4.78 is 335. The second-order valence-corrected chi connectivity index (χ2v) is 8.27. The molecule has 0 saturated heterocycles. The quantitative estimate of drug-likeness (QED) is 0.150. The van der Waals surface area contributed by atoms with Crippen LogP contribution in [0.4, 0.5) is 110 Å². The van der Waals surface area contributed by atoms with Crippen LogP contribution in [0.15, 0.2) is 0 Å². The van der Waals surface area contributed by atoms with Crippen LogP contribution < -0.4 is 0 Å². The van der Waals surface area contributed by atoms with Gasteiger partial charge in [0.1, 0.15) is 0 Å². The molecule has 0 heterocycles. The van der Waals surface area contributed by atoms with Crippen LogP contribution in [0, 0.1) is 0 Å². The van der Waals surface area contributed by atoms with Gasteiger partial charge in [0.25, 0.3) is 0 Å². The predicted octanol–water partition coefficient (Wildman–Crippen LogP) is 8.49. The molecule has 0 rings (SSSR count). The summed E-state index contributed by atoms with van der Waals surface area (Å²) in [5.41, 5.74) is 0. The molecule has 0 saturated carbocycles. The summed E-state index contributed by atoms with van der Waals surface area (Å²) in [6.45, 7) is 0.861. The molecule has 2 nitrogen and oxygen atoms in total. The lowest BCUT2D eigenvalue weighted by molar-refractivity contribution is -0.481. The molecule has 0 amide bonds. The van der Waals surface area contributed by atoms with Gasteiger partial charge in [-0.2, -0.15) is 110 Å². The van der Waals surface area contributed by atoms with E-state index in [0.717, 1.165) is 0 Å². The van der Waals surface area contributed by atoms with Crippen LogP contribution in [-0.2, 0) is 9.53 Å². The Kier molecular flexibility index (Phi) is 9.58. The zero-order valence-corrected chi connectivity index (χ0v) is 19.3. The van der Waals surface area contributed by atoms with Crippen molar-refractivity contribution >= 4 is 5.97 Å². The summed E-state index contributed by atoms with van der Waals surface area (Å²) in [6, 6.07) is 0. The highest BCUT2D eigenvalue weighted by atomic mass is 19.4. The molecule has 0 fully saturated rings. The first kappa shape index (κ1) is 40.7.